The summed E-state index contributed by atoms with van der Waals surface area (Å²) in [5.74, 6) is -0.413. The number of hydrogen-bond acceptors (Lipinski definition) is 4. The summed E-state index contributed by atoms with van der Waals surface area (Å²) in [7, 11) is -3.99. The summed E-state index contributed by atoms with van der Waals surface area (Å²) in [6.45, 7) is 3.07. The van der Waals surface area contributed by atoms with Crippen molar-refractivity contribution in [3.8, 4) is 0 Å². The molecule has 0 aliphatic carbocycles. The predicted molar refractivity (Wildman–Crippen MR) is 135 cm³/mol. The fraction of sp³-hybridized carbons (Fsp3) is 0.269. The number of carbonyl (C=O) groups is 1. The van der Waals surface area contributed by atoms with Crippen LogP contribution in [-0.2, 0) is 27.9 Å². The standard InChI is InChI=1S/C26H28ClN3O3S/c27-24-13-4-5-14-25(24)30(34(32,33)23-11-2-1-3-12-23)20-26(31)28-18-21-9-8-10-22(17-21)19-29-15-6-7-16-29/h1-5,8-14,17H,6-7,15-16,18-20H2,(H,28,31). The quantitative estimate of drug-likeness (QED) is 0.474. The van der Waals surface area contributed by atoms with Gasteiger partial charge < -0.3 is 5.32 Å². The van der Waals surface area contributed by atoms with Gasteiger partial charge in [0.05, 0.1) is 15.6 Å². The van der Waals surface area contributed by atoms with Crippen molar-refractivity contribution in [2.45, 2.75) is 30.8 Å². The molecule has 1 aliphatic rings. The third-order valence-electron chi connectivity index (χ3n) is 5.83. The van der Waals surface area contributed by atoms with E-state index in [1.807, 2.05) is 12.1 Å². The topological polar surface area (TPSA) is 69.7 Å². The highest BCUT2D eigenvalue weighted by Gasteiger charge is 2.28. The molecule has 0 radical (unpaired) electrons. The molecule has 8 heteroatoms. The van der Waals surface area contributed by atoms with E-state index in [0.29, 0.717) is 6.54 Å². The summed E-state index contributed by atoms with van der Waals surface area (Å²) < 4.78 is 27.8. The first-order valence-electron chi connectivity index (χ1n) is 11.3. The number of carbonyl (C=O) groups excluding carboxylic acids is 1. The summed E-state index contributed by atoms with van der Waals surface area (Å²) in [4.78, 5) is 15.4. The average Bonchev–Trinajstić information content (AvgIpc) is 3.35. The van der Waals surface area contributed by atoms with Crippen LogP contribution in [0.25, 0.3) is 0 Å². The number of amides is 1. The Labute approximate surface area is 206 Å². The largest absolute Gasteiger partial charge is 0.350 e. The van der Waals surface area contributed by atoms with E-state index in [1.165, 1.54) is 30.5 Å². The van der Waals surface area contributed by atoms with Crippen LogP contribution in [-0.4, -0.2) is 38.9 Å². The van der Waals surface area contributed by atoms with Gasteiger partial charge in [-0.3, -0.25) is 14.0 Å². The van der Waals surface area contributed by atoms with Crippen LogP contribution in [0.2, 0.25) is 5.02 Å². The average molecular weight is 498 g/mol. The lowest BCUT2D eigenvalue weighted by Gasteiger charge is -2.25. The second-order valence-corrected chi connectivity index (χ2v) is 10.6. The monoisotopic (exact) mass is 497 g/mol. The van der Waals surface area contributed by atoms with Crippen molar-refractivity contribution < 1.29 is 13.2 Å². The minimum absolute atomic E-state index is 0.0948. The third kappa shape index (κ3) is 5.97. The number of halogens is 1. The fourth-order valence-electron chi connectivity index (χ4n) is 4.10. The molecule has 0 saturated carbocycles. The highest BCUT2D eigenvalue weighted by Crippen LogP contribution is 2.30. The van der Waals surface area contributed by atoms with Crippen LogP contribution in [0.15, 0.2) is 83.8 Å². The molecule has 34 heavy (non-hydrogen) atoms. The van der Waals surface area contributed by atoms with Crippen molar-refractivity contribution >= 4 is 33.2 Å². The second kappa shape index (κ2) is 11.0. The van der Waals surface area contributed by atoms with Gasteiger partial charge in [-0.1, -0.05) is 66.2 Å². The first-order chi connectivity index (χ1) is 16.4. The van der Waals surface area contributed by atoms with E-state index in [2.05, 4.69) is 22.3 Å². The Morgan fingerprint density at radius 3 is 2.32 bits per heavy atom. The van der Waals surface area contributed by atoms with E-state index >= 15 is 0 Å². The first-order valence-corrected chi connectivity index (χ1v) is 13.1. The van der Waals surface area contributed by atoms with Crippen LogP contribution < -0.4 is 9.62 Å². The summed E-state index contributed by atoms with van der Waals surface area (Å²) >= 11 is 6.31. The maximum Gasteiger partial charge on any atom is 0.264 e. The molecule has 1 fully saturated rings. The molecule has 0 bridgehead atoms. The van der Waals surface area contributed by atoms with E-state index < -0.39 is 15.9 Å². The molecule has 0 spiro atoms. The van der Waals surface area contributed by atoms with E-state index in [0.717, 1.165) is 29.5 Å². The molecule has 178 valence electrons. The van der Waals surface area contributed by atoms with Gasteiger partial charge in [-0.25, -0.2) is 8.42 Å². The Morgan fingerprint density at radius 1 is 0.912 bits per heavy atom. The molecule has 0 atom stereocenters. The number of nitrogens with one attached hydrogen (secondary N) is 1. The van der Waals surface area contributed by atoms with Gasteiger partial charge in [-0.05, 0) is 61.3 Å². The van der Waals surface area contributed by atoms with Crippen LogP contribution in [0.3, 0.4) is 0 Å². The van der Waals surface area contributed by atoms with Gasteiger partial charge in [0.1, 0.15) is 6.54 Å². The summed E-state index contributed by atoms with van der Waals surface area (Å²) in [6, 6.07) is 22.8. The van der Waals surface area contributed by atoms with Crippen LogP contribution in [0.5, 0.6) is 0 Å². The lowest BCUT2D eigenvalue weighted by Crippen LogP contribution is -2.40. The molecule has 1 aliphatic heterocycles. The smallest absolute Gasteiger partial charge is 0.264 e. The minimum atomic E-state index is -3.99. The minimum Gasteiger partial charge on any atom is -0.350 e. The zero-order chi connectivity index (χ0) is 24.0. The Balaban J connectivity index is 1.48. The maximum atomic E-state index is 13.4. The number of likely N-dealkylation sites (tertiary alicyclic amines) is 1. The second-order valence-electron chi connectivity index (χ2n) is 8.36. The van der Waals surface area contributed by atoms with Gasteiger partial charge in [0.15, 0.2) is 0 Å². The molecule has 3 aromatic rings. The Kier molecular flexibility index (Phi) is 7.88. The Bertz CT molecular complexity index is 1230. The number of benzene rings is 3. The zero-order valence-electron chi connectivity index (χ0n) is 18.9. The Hall–Kier alpha value is -2.87. The summed E-state index contributed by atoms with van der Waals surface area (Å²) in [6.07, 6.45) is 2.48. The van der Waals surface area contributed by atoms with Gasteiger partial charge in [0.2, 0.25) is 5.91 Å². The predicted octanol–water partition coefficient (Wildman–Crippen LogP) is 4.45. The van der Waals surface area contributed by atoms with Crippen molar-refractivity contribution in [1.29, 1.82) is 0 Å². The van der Waals surface area contributed by atoms with Gasteiger partial charge in [0.25, 0.3) is 10.0 Å². The molecule has 1 amide bonds. The van der Waals surface area contributed by atoms with Crippen molar-refractivity contribution in [2.75, 3.05) is 23.9 Å². The maximum absolute atomic E-state index is 13.4. The lowest BCUT2D eigenvalue weighted by atomic mass is 10.1. The van der Waals surface area contributed by atoms with Gasteiger partial charge in [-0.2, -0.15) is 0 Å². The molecular formula is C26H28ClN3O3S. The SMILES string of the molecule is O=C(CN(c1ccccc1Cl)S(=O)(=O)c1ccccc1)NCc1cccc(CN2CCCC2)c1. The van der Waals surface area contributed by atoms with Crippen LogP contribution >= 0.6 is 11.6 Å². The van der Waals surface area contributed by atoms with Gasteiger partial charge in [0, 0.05) is 13.1 Å². The van der Waals surface area contributed by atoms with E-state index in [-0.39, 0.29) is 22.2 Å². The van der Waals surface area contributed by atoms with Gasteiger partial charge in [-0.15, -0.1) is 0 Å². The van der Waals surface area contributed by atoms with Crippen LogP contribution in [0, 0.1) is 0 Å². The fourth-order valence-corrected chi connectivity index (χ4v) is 5.85. The van der Waals surface area contributed by atoms with Crippen molar-refractivity contribution in [3.05, 3.63) is 95.0 Å². The first kappa shape index (κ1) is 24.3. The Morgan fingerprint density at radius 2 is 1.59 bits per heavy atom. The molecule has 1 heterocycles. The number of para-hydroxylation sites is 1. The molecular weight excluding hydrogens is 470 g/mol. The van der Waals surface area contributed by atoms with Gasteiger partial charge >= 0.3 is 0 Å². The van der Waals surface area contributed by atoms with Crippen LogP contribution in [0.1, 0.15) is 24.0 Å². The number of hydrogen-bond donors (Lipinski definition) is 1. The highest BCUT2D eigenvalue weighted by molar-refractivity contribution is 7.92. The number of sulfonamides is 1. The van der Waals surface area contributed by atoms with Crippen molar-refractivity contribution in [1.82, 2.24) is 10.2 Å². The van der Waals surface area contributed by atoms with E-state index in [1.54, 1.807) is 42.5 Å². The number of nitrogens with zero attached hydrogens (tertiary/aromatic N) is 2. The third-order valence-corrected chi connectivity index (χ3v) is 7.92. The molecule has 4 rings (SSSR count). The highest BCUT2D eigenvalue weighted by atomic mass is 35.5. The number of anilines is 1. The number of rotatable bonds is 9. The molecule has 1 saturated heterocycles. The molecule has 3 aromatic carbocycles. The van der Waals surface area contributed by atoms with E-state index in [4.69, 9.17) is 11.6 Å². The normalized spacial score (nSPS) is 14.1. The molecule has 6 nitrogen and oxygen atoms in total. The van der Waals surface area contributed by atoms with Crippen molar-refractivity contribution in [3.63, 3.8) is 0 Å². The molecule has 1 N–H and O–H groups in total. The molecule has 0 unspecified atom stereocenters. The summed E-state index contributed by atoms with van der Waals surface area (Å²) in [5.41, 5.74) is 2.44. The zero-order valence-corrected chi connectivity index (χ0v) is 20.4. The van der Waals surface area contributed by atoms with Crippen LogP contribution in [0.4, 0.5) is 5.69 Å². The summed E-state index contributed by atoms with van der Waals surface area (Å²) in [5, 5.41) is 3.12. The molecule has 0 aromatic heterocycles. The van der Waals surface area contributed by atoms with E-state index in [9.17, 15) is 13.2 Å². The van der Waals surface area contributed by atoms with Crippen molar-refractivity contribution in [2.24, 2.45) is 0 Å². The lowest BCUT2D eigenvalue weighted by molar-refractivity contribution is -0.119.